The number of amides is 2. The van der Waals surface area contributed by atoms with E-state index in [1.165, 1.54) is 24.7 Å². The van der Waals surface area contributed by atoms with Crippen LogP contribution in [0.4, 0.5) is 13.6 Å². The van der Waals surface area contributed by atoms with E-state index in [9.17, 15) is 23.2 Å². The van der Waals surface area contributed by atoms with Crippen LogP contribution in [0.15, 0.2) is 42.5 Å². The van der Waals surface area contributed by atoms with Crippen LogP contribution in [0.25, 0.3) is 0 Å². The number of benzene rings is 2. The van der Waals surface area contributed by atoms with Crippen molar-refractivity contribution in [3.63, 3.8) is 0 Å². The van der Waals surface area contributed by atoms with E-state index in [1.54, 1.807) is 0 Å². The highest BCUT2D eigenvalue weighted by molar-refractivity contribution is 5.89. The Morgan fingerprint density at radius 2 is 1.69 bits per heavy atom. The van der Waals surface area contributed by atoms with Crippen molar-refractivity contribution in [2.24, 2.45) is 5.73 Å². The summed E-state index contributed by atoms with van der Waals surface area (Å²) in [6.45, 7) is 4.62. The Bertz CT molecular complexity index is 1080. The van der Waals surface area contributed by atoms with Gasteiger partial charge in [0.25, 0.3) is 0 Å². The molecular formula is C29H40F2N4O4. The predicted octanol–water partition coefficient (Wildman–Crippen LogP) is 3.55. The fourth-order valence-electron chi connectivity index (χ4n) is 4.09. The summed E-state index contributed by atoms with van der Waals surface area (Å²) >= 11 is 0. The number of hydrogen-bond acceptors (Lipinski definition) is 6. The predicted molar refractivity (Wildman–Crippen MR) is 146 cm³/mol. The number of carbonyl (C=O) groups excluding carboxylic acids is 3. The molecule has 0 unspecified atom stereocenters. The zero-order valence-corrected chi connectivity index (χ0v) is 22.9. The van der Waals surface area contributed by atoms with E-state index < -0.39 is 41.8 Å². The second-order valence-corrected chi connectivity index (χ2v) is 9.55. The van der Waals surface area contributed by atoms with Crippen molar-refractivity contribution in [3.8, 4) is 0 Å². The second kappa shape index (κ2) is 16.6. The van der Waals surface area contributed by atoms with Crippen LogP contribution in [-0.4, -0.2) is 49.6 Å². The minimum atomic E-state index is -1.21. The number of hydrogen-bond donors (Lipinski definition) is 4. The van der Waals surface area contributed by atoms with Crippen LogP contribution in [0.1, 0.15) is 56.2 Å². The van der Waals surface area contributed by atoms with Crippen LogP contribution in [0.2, 0.25) is 0 Å². The van der Waals surface area contributed by atoms with Crippen LogP contribution in [0.5, 0.6) is 0 Å². The second-order valence-electron chi connectivity index (χ2n) is 9.55. The average Bonchev–Trinajstić information content (AvgIpc) is 2.90. The maximum absolute atomic E-state index is 13.8. The molecule has 2 amide bonds. The van der Waals surface area contributed by atoms with E-state index in [-0.39, 0.29) is 31.6 Å². The molecule has 2 rings (SSSR count). The van der Waals surface area contributed by atoms with E-state index >= 15 is 0 Å². The maximum Gasteiger partial charge on any atom is 0.329 e. The van der Waals surface area contributed by atoms with Crippen LogP contribution < -0.4 is 21.7 Å². The molecule has 214 valence electrons. The first-order valence-electron chi connectivity index (χ1n) is 13.3. The molecule has 3 atom stereocenters. The van der Waals surface area contributed by atoms with Gasteiger partial charge in [-0.3, -0.25) is 4.79 Å². The summed E-state index contributed by atoms with van der Waals surface area (Å²) in [5.74, 6) is -2.47. The molecule has 0 aliphatic rings. The van der Waals surface area contributed by atoms with Gasteiger partial charge in [-0.25, -0.2) is 18.4 Å². The van der Waals surface area contributed by atoms with E-state index in [2.05, 4.69) is 28.9 Å². The molecule has 0 saturated carbocycles. The lowest BCUT2D eigenvalue weighted by atomic mass is 10.0. The molecule has 0 spiro atoms. The quantitative estimate of drug-likeness (QED) is 0.239. The lowest BCUT2D eigenvalue weighted by Gasteiger charge is -2.27. The number of ketones is 1. The van der Waals surface area contributed by atoms with Crippen molar-refractivity contribution in [3.05, 3.63) is 70.8 Å². The zero-order valence-electron chi connectivity index (χ0n) is 22.9. The van der Waals surface area contributed by atoms with Gasteiger partial charge in [0.2, 0.25) is 0 Å². The van der Waals surface area contributed by atoms with Crippen molar-refractivity contribution in [1.29, 1.82) is 0 Å². The molecule has 0 radical (unpaired) electrons. The van der Waals surface area contributed by atoms with Crippen LogP contribution in [0.3, 0.4) is 0 Å². The number of carbonyl (C=O) groups is 3. The Hall–Kier alpha value is -3.37. The van der Waals surface area contributed by atoms with E-state index in [1.807, 2.05) is 25.1 Å². The van der Waals surface area contributed by atoms with Gasteiger partial charge in [-0.05, 0) is 48.1 Å². The third-order valence-corrected chi connectivity index (χ3v) is 6.27. The number of halogens is 2. The molecule has 39 heavy (non-hydrogen) atoms. The Morgan fingerprint density at radius 3 is 2.33 bits per heavy atom. The van der Waals surface area contributed by atoms with E-state index in [0.29, 0.717) is 18.5 Å². The first kappa shape index (κ1) is 31.8. The third-order valence-electron chi connectivity index (χ3n) is 6.27. The fraction of sp³-hybridized carbons (Fsp3) is 0.483. The molecule has 0 bridgehead atoms. The highest BCUT2D eigenvalue weighted by atomic mass is 19.1. The lowest BCUT2D eigenvalue weighted by molar-refractivity contribution is -0.153. The number of rotatable bonds is 16. The molecule has 0 aliphatic carbocycles. The smallest absolute Gasteiger partial charge is 0.329 e. The van der Waals surface area contributed by atoms with Gasteiger partial charge in [-0.1, -0.05) is 44.5 Å². The van der Waals surface area contributed by atoms with Crippen molar-refractivity contribution < 1.29 is 27.9 Å². The average molecular weight is 547 g/mol. The van der Waals surface area contributed by atoms with Crippen molar-refractivity contribution in [2.45, 2.75) is 77.1 Å². The highest BCUT2D eigenvalue weighted by Gasteiger charge is 2.30. The SMILES string of the molecule is CCCCC(=O)C[C@@H](NC(=O)NC)C(=O)O[C@H](CNCc1cccc(CC)c1)[C@@H](N)Cc1cc(F)cc(F)c1. The lowest BCUT2D eigenvalue weighted by Crippen LogP contribution is -2.51. The van der Waals surface area contributed by atoms with Gasteiger partial charge in [-0.15, -0.1) is 0 Å². The van der Waals surface area contributed by atoms with Crippen LogP contribution >= 0.6 is 0 Å². The summed E-state index contributed by atoms with van der Waals surface area (Å²) < 4.78 is 33.2. The highest BCUT2D eigenvalue weighted by Crippen LogP contribution is 2.14. The minimum absolute atomic E-state index is 0.0304. The van der Waals surface area contributed by atoms with Gasteiger partial charge in [-0.2, -0.15) is 0 Å². The maximum atomic E-state index is 13.8. The normalized spacial score (nSPS) is 13.3. The number of esters is 1. The molecule has 0 aromatic heterocycles. The molecule has 0 saturated heterocycles. The number of aryl methyl sites for hydroxylation is 1. The van der Waals surface area contributed by atoms with E-state index in [4.69, 9.17) is 10.5 Å². The summed E-state index contributed by atoms with van der Waals surface area (Å²) in [5, 5.41) is 8.08. The van der Waals surface area contributed by atoms with Gasteiger partial charge < -0.3 is 26.4 Å². The monoisotopic (exact) mass is 546 g/mol. The molecule has 2 aromatic rings. The third kappa shape index (κ3) is 11.5. The van der Waals surface area contributed by atoms with Crippen molar-refractivity contribution in [1.82, 2.24) is 16.0 Å². The molecule has 10 heteroatoms. The molecular weight excluding hydrogens is 506 g/mol. The summed E-state index contributed by atoms with van der Waals surface area (Å²) in [6, 6.07) is 8.46. The largest absolute Gasteiger partial charge is 0.458 e. The summed E-state index contributed by atoms with van der Waals surface area (Å²) in [4.78, 5) is 37.6. The van der Waals surface area contributed by atoms with E-state index in [0.717, 1.165) is 24.5 Å². The molecule has 8 nitrogen and oxygen atoms in total. The molecule has 2 aromatic carbocycles. The number of nitrogens with one attached hydrogen (secondary N) is 3. The summed E-state index contributed by atoms with van der Waals surface area (Å²) in [6.07, 6.45) is 1.54. The standard InChI is InChI=1S/C29H40F2N4O4/c1-4-6-10-24(36)16-26(35-29(38)33-3)28(37)39-27(18-34-17-20-9-7-8-19(5-2)11-20)25(32)14-21-12-22(30)15-23(31)13-21/h7-9,11-13,15,25-27,34H,4-6,10,14,16-18,32H2,1-3H3,(H2,33,35,38)/t25-,26+,27+/m0/s1. The molecule has 5 N–H and O–H groups in total. The molecule has 0 heterocycles. The fourth-order valence-corrected chi connectivity index (χ4v) is 4.09. The van der Waals surface area contributed by atoms with Gasteiger partial charge >= 0.3 is 12.0 Å². The topological polar surface area (TPSA) is 123 Å². The van der Waals surface area contributed by atoms with Crippen molar-refractivity contribution >= 4 is 17.8 Å². The molecule has 0 fully saturated rings. The minimum Gasteiger partial charge on any atom is -0.458 e. The summed E-state index contributed by atoms with van der Waals surface area (Å²) in [7, 11) is 1.39. The molecule has 0 aliphatic heterocycles. The van der Waals surface area contributed by atoms with Gasteiger partial charge in [0.1, 0.15) is 29.6 Å². The van der Waals surface area contributed by atoms with Gasteiger partial charge in [0.05, 0.1) is 0 Å². The number of nitrogens with two attached hydrogens (primary N) is 1. The Morgan fingerprint density at radius 1 is 1.00 bits per heavy atom. The van der Waals surface area contributed by atoms with Gasteiger partial charge in [0, 0.05) is 45.1 Å². The first-order chi connectivity index (χ1) is 18.6. The number of Topliss-reactive ketones (excluding diaryl/α,β-unsaturated/α-hetero) is 1. The summed E-state index contributed by atoms with van der Waals surface area (Å²) in [5.41, 5.74) is 8.91. The number of ether oxygens (including phenoxy) is 1. The number of unbranched alkanes of at least 4 members (excludes halogenated alkanes) is 1. The first-order valence-corrected chi connectivity index (χ1v) is 13.3. The Kier molecular flexibility index (Phi) is 13.5. The zero-order chi connectivity index (χ0) is 28.8. The number of urea groups is 1. The van der Waals surface area contributed by atoms with Crippen molar-refractivity contribution in [2.75, 3.05) is 13.6 Å². The van der Waals surface area contributed by atoms with Gasteiger partial charge in [0.15, 0.2) is 0 Å². The Balaban J connectivity index is 2.19. The van der Waals surface area contributed by atoms with Crippen LogP contribution in [-0.2, 0) is 33.7 Å². The Labute approximate surface area is 229 Å². The van der Waals surface area contributed by atoms with Crippen LogP contribution in [0, 0.1) is 11.6 Å².